The minimum absolute atomic E-state index is 0.00153. The molecule has 0 saturated carbocycles. The number of rotatable bonds is 28. The number of unbranched alkanes of at least 4 members (excludes halogenated alkanes) is 1. The zero-order valence-electron chi connectivity index (χ0n) is 47.9. The van der Waals surface area contributed by atoms with E-state index in [2.05, 4.69) is 44.2 Å². The first-order valence-electron chi connectivity index (χ1n) is 28.6. The number of hydrogen-bond acceptors (Lipinski definition) is 14. The molecule has 1 aliphatic carbocycles. The van der Waals surface area contributed by atoms with Gasteiger partial charge in [0.05, 0.1) is 57.9 Å². The monoisotopic (exact) mass is 1140 g/mol. The van der Waals surface area contributed by atoms with Gasteiger partial charge in [0.1, 0.15) is 36.3 Å². The number of amides is 4. The van der Waals surface area contributed by atoms with Gasteiger partial charge in [-0.25, -0.2) is 0 Å². The first kappa shape index (κ1) is 59.7. The maximum Gasteiger partial charge on any atom is 0.255 e. The SMILES string of the molecule is CC1=C(C)C2=C(C1)n1c(C)nnc1C(CC(=O)NCCOCCOCCCCOCCOCCOc1cc(C3=C(C)N=CC3)ccc1CNC(=O)C1CC(O)CN1C(=O)[C@H](C(C)C)N1Cc3ccccc3C1=O)N=C2c1ccc(Cl)cc1. The summed E-state index contributed by atoms with van der Waals surface area (Å²) >= 11 is 6.25. The van der Waals surface area contributed by atoms with Crippen LogP contribution in [0.2, 0.25) is 5.02 Å². The smallest absolute Gasteiger partial charge is 0.255 e. The zero-order valence-corrected chi connectivity index (χ0v) is 48.6. The van der Waals surface area contributed by atoms with Crippen LogP contribution in [0.5, 0.6) is 5.75 Å². The lowest BCUT2D eigenvalue weighted by Gasteiger charge is -2.35. The zero-order chi connectivity index (χ0) is 57.9. The lowest BCUT2D eigenvalue weighted by Crippen LogP contribution is -2.55. The number of aliphatic hydroxyl groups is 1. The third-order valence-corrected chi connectivity index (χ3v) is 15.9. The largest absolute Gasteiger partial charge is 0.491 e. The van der Waals surface area contributed by atoms with E-state index in [-0.39, 0.29) is 56.2 Å². The fraction of sp³-hybridized carbons (Fsp3) is 0.484. The Bertz CT molecular complexity index is 3150. The van der Waals surface area contributed by atoms with Crippen molar-refractivity contribution in [2.45, 2.75) is 117 Å². The van der Waals surface area contributed by atoms with Gasteiger partial charge in [-0.3, -0.25) is 33.7 Å². The highest BCUT2D eigenvalue weighted by molar-refractivity contribution is 6.31. The predicted octanol–water partition coefficient (Wildman–Crippen LogP) is 7.63. The van der Waals surface area contributed by atoms with Gasteiger partial charge in [-0.2, -0.15) is 0 Å². The average Bonchev–Trinajstić information content (AvgIpc) is 4.29. The summed E-state index contributed by atoms with van der Waals surface area (Å²) in [4.78, 5) is 67.6. The average molecular weight is 1140 g/mol. The summed E-state index contributed by atoms with van der Waals surface area (Å²) in [5.41, 5.74) is 11.5. The molecule has 436 valence electrons. The van der Waals surface area contributed by atoms with Crippen molar-refractivity contribution < 1.29 is 48.0 Å². The van der Waals surface area contributed by atoms with Gasteiger partial charge in [-0.15, -0.1) is 10.2 Å². The number of aliphatic imine (C=N–C) groups is 2. The second-order valence-corrected chi connectivity index (χ2v) is 22.1. The van der Waals surface area contributed by atoms with Crippen LogP contribution in [0.25, 0.3) is 11.3 Å². The quantitative estimate of drug-likeness (QED) is 0.0468. The predicted molar refractivity (Wildman–Crippen MR) is 312 cm³/mol. The molecule has 4 aliphatic heterocycles. The number of allylic oxidation sites excluding steroid dienone is 6. The van der Waals surface area contributed by atoms with E-state index in [4.69, 9.17) is 40.3 Å². The molecule has 19 nitrogen and oxygen atoms in total. The molecule has 3 aromatic carbocycles. The Hall–Kier alpha value is -6.87. The summed E-state index contributed by atoms with van der Waals surface area (Å²) in [7, 11) is 0. The van der Waals surface area contributed by atoms with Gasteiger partial charge < -0.3 is 49.2 Å². The van der Waals surface area contributed by atoms with Crippen LogP contribution < -0.4 is 15.4 Å². The topological polar surface area (TPSA) is 221 Å². The molecule has 1 saturated heterocycles. The second kappa shape index (κ2) is 27.9. The van der Waals surface area contributed by atoms with Gasteiger partial charge in [0.2, 0.25) is 17.7 Å². The Labute approximate surface area is 484 Å². The first-order valence-corrected chi connectivity index (χ1v) is 28.9. The molecular formula is C62H76ClN9O10. The Morgan fingerprint density at radius 2 is 1.52 bits per heavy atom. The fourth-order valence-electron chi connectivity index (χ4n) is 11.3. The van der Waals surface area contributed by atoms with Gasteiger partial charge in [-0.1, -0.05) is 73.5 Å². The lowest BCUT2D eigenvalue weighted by molar-refractivity contribution is -0.143. The minimum atomic E-state index is -0.911. The van der Waals surface area contributed by atoms with Gasteiger partial charge >= 0.3 is 0 Å². The number of halogens is 1. The van der Waals surface area contributed by atoms with Gasteiger partial charge in [-0.05, 0) is 93.0 Å². The number of hydrogen-bond donors (Lipinski definition) is 3. The lowest BCUT2D eigenvalue weighted by atomic mass is 9.97. The van der Waals surface area contributed by atoms with Crippen molar-refractivity contribution in [2.24, 2.45) is 15.9 Å². The molecule has 4 atom stereocenters. The summed E-state index contributed by atoms with van der Waals surface area (Å²) in [6.07, 6.45) is 4.30. The van der Waals surface area contributed by atoms with E-state index in [0.29, 0.717) is 94.5 Å². The van der Waals surface area contributed by atoms with Crippen LogP contribution in [-0.4, -0.2) is 156 Å². The molecule has 0 bridgehead atoms. The van der Waals surface area contributed by atoms with Crippen LogP contribution in [0.4, 0.5) is 0 Å². The Morgan fingerprint density at radius 3 is 2.23 bits per heavy atom. The standard InChI is InChI=1S/C62H76ClN9O10/c1-38(2)58(71-36-46-11-7-8-12-50(46)61(71)76)62(77)70-37-48(73)33-53(70)60(75)66-35-45-14-13-44(49-19-20-64-41(49)5)32-54(45)82-30-29-81-28-26-79-23-10-9-22-78-25-27-80-24-21-65-55(74)34-51-59-69-68-42(6)72(59)52-31-39(3)40(4)56(52)57(67-51)43-15-17-47(63)18-16-43/h7-8,11-18,20,32,38,48,51,53,58,73H,9-10,19,21-31,33-37H2,1-6H3,(H,65,74)(H,66,75)/t48?,51?,53?,58-/m0/s1. The molecule has 3 unspecified atom stereocenters. The molecular weight excluding hydrogens is 1070 g/mol. The number of carbonyl (C=O) groups excluding carboxylic acids is 4. The van der Waals surface area contributed by atoms with Crippen molar-refractivity contribution in [3.8, 4) is 5.75 Å². The molecule has 0 radical (unpaired) electrons. The molecule has 5 heterocycles. The van der Waals surface area contributed by atoms with Crippen LogP contribution >= 0.6 is 11.6 Å². The normalized spacial score (nSPS) is 18.8. The van der Waals surface area contributed by atoms with Crippen molar-refractivity contribution in [2.75, 3.05) is 72.6 Å². The molecule has 9 rings (SSSR count). The third kappa shape index (κ3) is 14.1. The molecule has 1 aromatic heterocycles. The van der Waals surface area contributed by atoms with E-state index in [1.165, 1.54) is 16.0 Å². The minimum Gasteiger partial charge on any atom is -0.491 e. The van der Waals surface area contributed by atoms with Crippen molar-refractivity contribution in [3.63, 3.8) is 0 Å². The summed E-state index contributed by atoms with van der Waals surface area (Å²) in [6.45, 7) is 16.4. The molecule has 3 N–H and O–H groups in total. The second-order valence-electron chi connectivity index (χ2n) is 21.7. The number of aliphatic hydroxyl groups excluding tert-OH is 1. The highest BCUT2D eigenvalue weighted by Crippen LogP contribution is 2.42. The number of aryl methyl sites for hydroxylation is 1. The van der Waals surface area contributed by atoms with Gasteiger partial charge in [0, 0.05) is 104 Å². The maximum absolute atomic E-state index is 14.3. The van der Waals surface area contributed by atoms with Crippen molar-refractivity contribution >= 4 is 58.4 Å². The maximum atomic E-state index is 14.3. The molecule has 1 fully saturated rings. The summed E-state index contributed by atoms with van der Waals surface area (Å²) in [5, 5.41) is 26.3. The number of β-amino-alcohol motifs (C(OH)–C–C–N with tert-alkyl or cyclic N) is 1. The number of aromatic nitrogens is 3. The summed E-state index contributed by atoms with van der Waals surface area (Å²) in [6, 6.07) is 18.6. The number of fused-ring (bicyclic) bond motifs is 3. The van der Waals surface area contributed by atoms with Crippen molar-refractivity contribution in [3.05, 3.63) is 134 Å². The molecule has 4 aromatic rings. The Morgan fingerprint density at radius 1 is 0.829 bits per heavy atom. The van der Waals surface area contributed by atoms with E-state index in [1.54, 1.807) is 11.0 Å². The number of carbonyl (C=O) groups is 4. The number of ether oxygens (including phenoxy) is 5. The van der Waals surface area contributed by atoms with Crippen molar-refractivity contribution in [1.82, 2.24) is 35.2 Å². The van der Waals surface area contributed by atoms with E-state index in [0.717, 1.165) is 75.6 Å². The summed E-state index contributed by atoms with van der Waals surface area (Å²) < 4.78 is 31.5. The molecule has 82 heavy (non-hydrogen) atoms. The van der Waals surface area contributed by atoms with Crippen LogP contribution in [0, 0.1) is 12.8 Å². The number of nitrogens with one attached hydrogen (secondary N) is 2. The number of nitrogens with zero attached hydrogens (tertiary/aromatic N) is 7. The van der Waals surface area contributed by atoms with E-state index in [1.807, 2.05) is 94.6 Å². The van der Waals surface area contributed by atoms with E-state index >= 15 is 0 Å². The number of likely N-dealkylation sites (tertiary alicyclic amines) is 1. The van der Waals surface area contributed by atoms with Crippen LogP contribution in [0.15, 0.2) is 99.1 Å². The summed E-state index contributed by atoms with van der Waals surface area (Å²) in [5.74, 6) is 0.641. The van der Waals surface area contributed by atoms with E-state index < -0.39 is 30.1 Å². The molecule has 5 aliphatic rings. The van der Waals surface area contributed by atoms with E-state index in [9.17, 15) is 24.3 Å². The van der Waals surface area contributed by atoms with Crippen LogP contribution in [0.1, 0.15) is 123 Å². The molecule has 20 heteroatoms. The molecule has 0 spiro atoms. The molecule has 4 amide bonds. The Balaban J connectivity index is 0.642. The highest BCUT2D eigenvalue weighted by Gasteiger charge is 2.46. The third-order valence-electron chi connectivity index (χ3n) is 15.6. The Kier molecular flexibility index (Phi) is 20.4. The first-order chi connectivity index (χ1) is 39.7. The van der Waals surface area contributed by atoms with Gasteiger partial charge in [0.15, 0.2) is 5.82 Å². The van der Waals surface area contributed by atoms with Crippen LogP contribution in [0.3, 0.4) is 0 Å². The fourth-order valence-corrected chi connectivity index (χ4v) is 11.4. The number of benzene rings is 3. The van der Waals surface area contributed by atoms with Crippen LogP contribution in [-0.2, 0) is 46.4 Å². The highest BCUT2D eigenvalue weighted by atomic mass is 35.5. The van der Waals surface area contributed by atoms with Crippen molar-refractivity contribution in [1.29, 1.82) is 0 Å². The van der Waals surface area contributed by atoms with Gasteiger partial charge in [0.25, 0.3) is 5.91 Å².